The van der Waals surface area contributed by atoms with Crippen molar-refractivity contribution in [2.45, 2.75) is 13.8 Å². The summed E-state index contributed by atoms with van der Waals surface area (Å²) in [5.74, 6) is 1.89. The van der Waals surface area contributed by atoms with Gasteiger partial charge in [-0.3, -0.25) is 0 Å². The van der Waals surface area contributed by atoms with Crippen LogP contribution in [-0.2, 0) is 0 Å². The minimum Gasteiger partial charge on any atom is -0.310 e. The van der Waals surface area contributed by atoms with Crippen LogP contribution in [0.5, 0.6) is 0 Å². The van der Waals surface area contributed by atoms with Gasteiger partial charge in [0.1, 0.15) is 11.6 Å². The summed E-state index contributed by atoms with van der Waals surface area (Å²) in [5, 5.41) is 0. The summed E-state index contributed by atoms with van der Waals surface area (Å²) in [7, 11) is 0. The third kappa shape index (κ3) is 3.78. The second kappa shape index (κ2) is 7.60. The fourth-order valence-electron chi connectivity index (χ4n) is 2.15. The first-order chi connectivity index (χ1) is 9.85. The van der Waals surface area contributed by atoms with Gasteiger partial charge in [0.25, 0.3) is 0 Å². The van der Waals surface area contributed by atoms with Crippen molar-refractivity contribution in [2.24, 2.45) is 0 Å². The van der Waals surface area contributed by atoms with Crippen LogP contribution in [0, 0.1) is 0 Å². The number of pyridine rings is 2. The van der Waals surface area contributed by atoms with Crippen LogP contribution in [0.25, 0.3) is 0 Å². The quantitative estimate of drug-likeness (QED) is 0.774. The number of rotatable bonds is 7. The largest absolute Gasteiger partial charge is 0.310 e. The molecule has 0 radical (unpaired) electrons. The average molecular weight is 270 g/mol. The Morgan fingerprint density at radius 3 is 1.75 bits per heavy atom. The van der Waals surface area contributed by atoms with Gasteiger partial charge in [-0.1, -0.05) is 26.0 Å². The molecule has 0 aromatic carbocycles. The molecule has 4 nitrogen and oxygen atoms in total. The molecule has 0 amide bonds. The lowest BCUT2D eigenvalue weighted by Crippen LogP contribution is -2.33. The SMILES string of the molecule is CCN(CC)CCN(c1ccccn1)c1ccccn1. The molecule has 2 aromatic heterocycles. The number of hydrogen-bond acceptors (Lipinski definition) is 4. The molecule has 4 heteroatoms. The van der Waals surface area contributed by atoms with Gasteiger partial charge in [-0.05, 0) is 37.4 Å². The van der Waals surface area contributed by atoms with Gasteiger partial charge in [0.2, 0.25) is 0 Å². The van der Waals surface area contributed by atoms with Crippen LogP contribution in [0.4, 0.5) is 11.6 Å². The summed E-state index contributed by atoms with van der Waals surface area (Å²) < 4.78 is 0. The fourth-order valence-corrected chi connectivity index (χ4v) is 2.15. The van der Waals surface area contributed by atoms with Crippen molar-refractivity contribution in [1.82, 2.24) is 14.9 Å². The molecule has 0 unspecified atom stereocenters. The minimum atomic E-state index is 0.885. The number of nitrogens with zero attached hydrogens (tertiary/aromatic N) is 4. The maximum Gasteiger partial charge on any atom is 0.134 e. The topological polar surface area (TPSA) is 32.3 Å². The van der Waals surface area contributed by atoms with E-state index in [1.807, 2.05) is 48.8 Å². The molecule has 0 spiro atoms. The van der Waals surface area contributed by atoms with Crippen molar-refractivity contribution in [3.8, 4) is 0 Å². The van der Waals surface area contributed by atoms with Crippen LogP contribution >= 0.6 is 0 Å². The molecule has 0 fully saturated rings. The maximum absolute atomic E-state index is 4.45. The van der Waals surface area contributed by atoms with Gasteiger partial charge >= 0.3 is 0 Å². The van der Waals surface area contributed by atoms with Crippen LogP contribution < -0.4 is 4.90 Å². The molecular formula is C16H22N4. The van der Waals surface area contributed by atoms with E-state index in [2.05, 4.69) is 33.6 Å². The zero-order valence-corrected chi connectivity index (χ0v) is 12.2. The zero-order valence-electron chi connectivity index (χ0n) is 12.2. The molecule has 0 aliphatic heterocycles. The lowest BCUT2D eigenvalue weighted by molar-refractivity contribution is 0.312. The van der Waals surface area contributed by atoms with E-state index in [0.717, 1.165) is 37.8 Å². The Balaban J connectivity index is 2.17. The lowest BCUT2D eigenvalue weighted by Gasteiger charge is -2.26. The predicted octanol–water partition coefficient (Wildman–Crippen LogP) is 2.96. The number of anilines is 2. The predicted molar refractivity (Wildman–Crippen MR) is 83.3 cm³/mol. The second-order valence-corrected chi connectivity index (χ2v) is 4.55. The van der Waals surface area contributed by atoms with Crippen molar-refractivity contribution in [2.75, 3.05) is 31.1 Å². The maximum atomic E-state index is 4.45. The molecule has 0 saturated heterocycles. The Bertz CT molecular complexity index is 443. The van der Waals surface area contributed by atoms with Crippen LogP contribution in [0.15, 0.2) is 48.8 Å². The first kappa shape index (κ1) is 14.5. The third-order valence-corrected chi connectivity index (χ3v) is 3.39. The summed E-state index contributed by atoms with van der Waals surface area (Å²) in [4.78, 5) is 13.5. The number of aromatic nitrogens is 2. The Morgan fingerprint density at radius 1 is 0.800 bits per heavy atom. The number of likely N-dealkylation sites (N-methyl/N-ethyl adjacent to an activating group) is 1. The fraction of sp³-hybridized carbons (Fsp3) is 0.375. The summed E-state index contributed by atoms with van der Waals surface area (Å²) in [5.41, 5.74) is 0. The number of hydrogen-bond donors (Lipinski definition) is 0. The minimum absolute atomic E-state index is 0.885. The molecule has 2 aromatic rings. The summed E-state index contributed by atoms with van der Waals surface area (Å²) in [6.07, 6.45) is 3.64. The molecule has 0 atom stereocenters. The van der Waals surface area contributed by atoms with E-state index < -0.39 is 0 Å². The summed E-state index contributed by atoms with van der Waals surface area (Å²) in [6, 6.07) is 11.9. The van der Waals surface area contributed by atoms with E-state index >= 15 is 0 Å². The first-order valence-electron chi connectivity index (χ1n) is 7.17. The van der Waals surface area contributed by atoms with Crippen molar-refractivity contribution in [1.29, 1.82) is 0 Å². The Morgan fingerprint density at radius 2 is 1.35 bits per heavy atom. The standard InChI is InChI=1S/C16H22N4/c1-3-19(4-2)13-14-20(15-9-5-7-11-17-15)16-10-6-8-12-18-16/h5-12H,3-4,13-14H2,1-2H3. The van der Waals surface area contributed by atoms with Crippen molar-refractivity contribution in [3.63, 3.8) is 0 Å². The Labute approximate surface area is 121 Å². The third-order valence-electron chi connectivity index (χ3n) is 3.39. The van der Waals surface area contributed by atoms with Gasteiger partial charge in [-0.25, -0.2) is 9.97 Å². The van der Waals surface area contributed by atoms with E-state index in [0.29, 0.717) is 0 Å². The zero-order chi connectivity index (χ0) is 14.2. The van der Waals surface area contributed by atoms with E-state index in [9.17, 15) is 0 Å². The average Bonchev–Trinajstić information content (AvgIpc) is 2.53. The smallest absolute Gasteiger partial charge is 0.134 e. The van der Waals surface area contributed by atoms with Gasteiger partial charge in [-0.2, -0.15) is 0 Å². The van der Waals surface area contributed by atoms with Gasteiger partial charge in [-0.15, -0.1) is 0 Å². The van der Waals surface area contributed by atoms with Crippen molar-refractivity contribution >= 4 is 11.6 Å². The molecule has 0 N–H and O–H groups in total. The van der Waals surface area contributed by atoms with Crippen molar-refractivity contribution < 1.29 is 0 Å². The molecule has 0 aliphatic carbocycles. The molecule has 2 rings (SSSR count). The molecule has 0 saturated carbocycles. The Hall–Kier alpha value is -1.94. The van der Waals surface area contributed by atoms with E-state index in [1.165, 1.54) is 0 Å². The monoisotopic (exact) mass is 270 g/mol. The summed E-state index contributed by atoms with van der Waals surface area (Å²) in [6.45, 7) is 8.39. The highest BCUT2D eigenvalue weighted by molar-refractivity contribution is 5.55. The highest BCUT2D eigenvalue weighted by atomic mass is 15.3. The Kier molecular flexibility index (Phi) is 5.50. The van der Waals surface area contributed by atoms with Crippen molar-refractivity contribution in [3.05, 3.63) is 48.8 Å². The molecule has 20 heavy (non-hydrogen) atoms. The van der Waals surface area contributed by atoms with Crippen LogP contribution in [0.2, 0.25) is 0 Å². The molecular weight excluding hydrogens is 248 g/mol. The van der Waals surface area contributed by atoms with Gasteiger partial charge in [0.15, 0.2) is 0 Å². The molecule has 2 heterocycles. The van der Waals surface area contributed by atoms with Crippen LogP contribution in [-0.4, -0.2) is 41.0 Å². The van der Waals surface area contributed by atoms with Gasteiger partial charge in [0.05, 0.1) is 0 Å². The van der Waals surface area contributed by atoms with Gasteiger partial charge in [0, 0.05) is 25.5 Å². The van der Waals surface area contributed by atoms with E-state index in [4.69, 9.17) is 0 Å². The van der Waals surface area contributed by atoms with E-state index in [-0.39, 0.29) is 0 Å². The summed E-state index contributed by atoms with van der Waals surface area (Å²) >= 11 is 0. The van der Waals surface area contributed by atoms with Crippen LogP contribution in [0.3, 0.4) is 0 Å². The highest BCUT2D eigenvalue weighted by Gasteiger charge is 2.12. The van der Waals surface area contributed by atoms with E-state index in [1.54, 1.807) is 0 Å². The normalized spacial score (nSPS) is 10.8. The molecule has 0 bridgehead atoms. The lowest BCUT2D eigenvalue weighted by atomic mass is 10.3. The highest BCUT2D eigenvalue weighted by Crippen LogP contribution is 2.20. The second-order valence-electron chi connectivity index (χ2n) is 4.55. The molecule has 106 valence electrons. The molecule has 0 aliphatic rings. The first-order valence-corrected chi connectivity index (χ1v) is 7.17. The van der Waals surface area contributed by atoms with Gasteiger partial charge < -0.3 is 9.80 Å². The van der Waals surface area contributed by atoms with Crippen LogP contribution in [0.1, 0.15) is 13.8 Å².